The van der Waals surface area contributed by atoms with Crippen LogP contribution in [-0.4, -0.2) is 16.7 Å². The fourth-order valence-electron chi connectivity index (χ4n) is 7.68. The molecule has 0 saturated carbocycles. The maximum atomic E-state index is 6.50. The number of methoxy groups -OCH3 is 1. The summed E-state index contributed by atoms with van der Waals surface area (Å²) < 4.78 is 14.7. The van der Waals surface area contributed by atoms with Crippen molar-refractivity contribution in [2.45, 2.75) is 0 Å². The SMILES string of the molecule is COc1ccc(N(c2ccc(-n3c4ccccc4c4ccccc43)cc2)c2cccc3c2ccc2nc(-c4ccccc4)oc23)cc1-c1ccccc1. The Balaban J connectivity index is 1.17. The van der Waals surface area contributed by atoms with Crippen LogP contribution in [0.25, 0.3) is 71.9 Å². The lowest BCUT2D eigenvalue weighted by atomic mass is 10.0. The zero-order valence-electron chi connectivity index (χ0n) is 29.0. The Morgan fingerprint density at radius 2 is 1.15 bits per heavy atom. The molecule has 2 aromatic heterocycles. The Hall–Kier alpha value is -7.11. The molecule has 5 nitrogen and oxygen atoms in total. The zero-order valence-corrected chi connectivity index (χ0v) is 29.0. The summed E-state index contributed by atoms with van der Waals surface area (Å²) in [5.74, 6) is 1.43. The van der Waals surface area contributed by atoms with Crippen molar-refractivity contribution in [3.8, 4) is 34.0 Å². The van der Waals surface area contributed by atoms with Gasteiger partial charge in [0.25, 0.3) is 0 Å². The van der Waals surface area contributed by atoms with Gasteiger partial charge in [-0.1, -0.05) is 97.1 Å². The van der Waals surface area contributed by atoms with E-state index in [1.165, 1.54) is 21.8 Å². The van der Waals surface area contributed by atoms with Crippen LogP contribution >= 0.6 is 0 Å². The van der Waals surface area contributed by atoms with E-state index >= 15 is 0 Å². The Morgan fingerprint density at radius 1 is 0.528 bits per heavy atom. The lowest BCUT2D eigenvalue weighted by molar-refractivity contribution is 0.416. The molecule has 0 unspecified atom stereocenters. The summed E-state index contributed by atoms with van der Waals surface area (Å²) in [5.41, 5.74) is 11.2. The van der Waals surface area contributed by atoms with Gasteiger partial charge in [-0.2, -0.15) is 0 Å². The first kappa shape index (κ1) is 30.7. The highest BCUT2D eigenvalue weighted by Crippen LogP contribution is 2.44. The first-order valence-electron chi connectivity index (χ1n) is 17.7. The second-order valence-electron chi connectivity index (χ2n) is 13.1. The molecule has 0 aliphatic carbocycles. The van der Waals surface area contributed by atoms with Crippen LogP contribution in [0.15, 0.2) is 186 Å². The molecule has 0 fully saturated rings. The average molecular weight is 684 g/mol. The molecular formula is C48H33N3O2. The zero-order chi connectivity index (χ0) is 35.3. The lowest BCUT2D eigenvalue weighted by Crippen LogP contribution is -2.11. The first-order chi connectivity index (χ1) is 26.2. The summed E-state index contributed by atoms with van der Waals surface area (Å²) in [4.78, 5) is 7.19. The van der Waals surface area contributed by atoms with Gasteiger partial charge in [-0.3, -0.25) is 0 Å². The lowest BCUT2D eigenvalue weighted by Gasteiger charge is -2.28. The van der Waals surface area contributed by atoms with E-state index < -0.39 is 0 Å². The second-order valence-corrected chi connectivity index (χ2v) is 13.1. The van der Waals surface area contributed by atoms with Gasteiger partial charge in [-0.05, 0) is 90.5 Å². The monoisotopic (exact) mass is 683 g/mol. The molecule has 53 heavy (non-hydrogen) atoms. The van der Waals surface area contributed by atoms with Crippen LogP contribution in [0.4, 0.5) is 17.1 Å². The van der Waals surface area contributed by atoms with Crippen molar-refractivity contribution in [1.29, 1.82) is 0 Å². The number of fused-ring (bicyclic) bond motifs is 6. The highest BCUT2D eigenvalue weighted by atomic mass is 16.5. The van der Waals surface area contributed by atoms with Gasteiger partial charge in [0.15, 0.2) is 5.58 Å². The maximum Gasteiger partial charge on any atom is 0.227 e. The third-order valence-electron chi connectivity index (χ3n) is 10.1. The van der Waals surface area contributed by atoms with Crippen LogP contribution in [-0.2, 0) is 0 Å². The van der Waals surface area contributed by atoms with Crippen molar-refractivity contribution < 1.29 is 9.15 Å². The summed E-state index contributed by atoms with van der Waals surface area (Å²) in [5, 5.41) is 4.54. The largest absolute Gasteiger partial charge is 0.496 e. The van der Waals surface area contributed by atoms with Gasteiger partial charge in [-0.15, -0.1) is 0 Å². The second kappa shape index (κ2) is 12.6. The molecule has 0 N–H and O–H groups in total. The smallest absolute Gasteiger partial charge is 0.227 e. The molecule has 10 aromatic rings. The molecule has 0 saturated heterocycles. The van der Waals surface area contributed by atoms with E-state index in [9.17, 15) is 0 Å². The first-order valence-corrected chi connectivity index (χ1v) is 17.7. The van der Waals surface area contributed by atoms with E-state index in [-0.39, 0.29) is 0 Å². The minimum atomic E-state index is 0.610. The van der Waals surface area contributed by atoms with E-state index in [0.29, 0.717) is 5.89 Å². The van der Waals surface area contributed by atoms with E-state index in [1.807, 2.05) is 36.4 Å². The molecule has 0 bridgehead atoms. The quantitative estimate of drug-likeness (QED) is 0.168. The molecule has 252 valence electrons. The van der Waals surface area contributed by atoms with Crippen LogP contribution in [0, 0.1) is 0 Å². The van der Waals surface area contributed by atoms with Crippen LogP contribution in [0.2, 0.25) is 0 Å². The third kappa shape index (κ3) is 5.13. The van der Waals surface area contributed by atoms with E-state index in [2.05, 4.69) is 155 Å². The van der Waals surface area contributed by atoms with Crippen LogP contribution in [0.1, 0.15) is 0 Å². The maximum absolute atomic E-state index is 6.50. The molecule has 2 heterocycles. The Kier molecular flexibility index (Phi) is 7.29. The minimum absolute atomic E-state index is 0.610. The predicted molar refractivity (Wildman–Crippen MR) is 218 cm³/mol. The van der Waals surface area contributed by atoms with Gasteiger partial charge < -0.3 is 18.6 Å². The number of ether oxygens (including phenoxy) is 1. The normalized spacial score (nSPS) is 11.5. The number of rotatable bonds is 7. The molecule has 8 aromatic carbocycles. The fourth-order valence-corrected chi connectivity index (χ4v) is 7.68. The van der Waals surface area contributed by atoms with Crippen molar-refractivity contribution in [2.75, 3.05) is 12.0 Å². The van der Waals surface area contributed by atoms with Gasteiger partial charge >= 0.3 is 0 Å². The molecule has 5 heteroatoms. The van der Waals surface area contributed by atoms with Gasteiger partial charge in [0.05, 0.1) is 23.8 Å². The Labute approximate surface area is 306 Å². The minimum Gasteiger partial charge on any atom is -0.496 e. The highest BCUT2D eigenvalue weighted by molar-refractivity contribution is 6.11. The van der Waals surface area contributed by atoms with E-state index in [4.69, 9.17) is 14.1 Å². The van der Waals surface area contributed by atoms with Crippen LogP contribution in [0.5, 0.6) is 5.75 Å². The number of benzene rings is 8. The topological polar surface area (TPSA) is 43.4 Å². The molecule has 0 aliphatic rings. The highest BCUT2D eigenvalue weighted by Gasteiger charge is 2.21. The number of oxazole rings is 1. The number of hydrogen-bond acceptors (Lipinski definition) is 4. The molecular weight excluding hydrogens is 651 g/mol. The standard InChI is InChI=1S/C48H33N3O2/c1-52-46-30-27-36(31-41(46)32-13-4-2-5-14-32)50(34-23-25-35(26-24-34)51-44-20-10-8-17-37(44)38-18-9-11-21-45(38)51)43-22-12-19-40-39(43)28-29-42-47(40)53-48(49-42)33-15-6-3-7-16-33/h2-31H,1H3. The summed E-state index contributed by atoms with van der Waals surface area (Å²) in [6.07, 6.45) is 0. The number of anilines is 3. The van der Waals surface area contributed by atoms with E-state index in [1.54, 1.807) is 7.11 Å². The number of aromatic nitrogens is 2. The van der Waals surface area contributed by atoms with Crippen molar-refractivity contribution in [2.24, 2.45) is 0 Å². The van der Waals surface area contributed by atoms with Crippen molar-refractivity contribution in [3.63, 3.8) is 0 Å². The molecule has 0 spiro atoms. The molecule has 0 radical (unpaired) electrons. The van der Waals surface area contributed by atoms with Crippen LogP contribution in [0.3, 0.4) is 0 Å². The summed E-state index contributed by atoms with van der Waals surface area (Å²) >= 11 is 0. The summed E-state index contributed by atoms with van der Waals surface area (Å²) in [6, 6.07) is 63.6. The van der Waals surface area contributed by atoms with E-state index in [0.717, 1.165) is 67.1 Å². The average Bonchev–Trinajstić information content (AvgIpc) is 3.82. The van der Waals surface area contributed by atoms with Crippen molar-refractivity contribution >= 4 is 60.7 Å². The molecule has 0 amide bonds. The fraction of sp³-hybridized carbons (Fsp3) is 0.0208. The summed E-state index contributed by atoms with van der Waals surface area (Å²) in [7, 11) is 1.73. The number of para-hydroxylation sites is 2. The summed E-state index contributed by atoms with van der Waals surface area (Å²) in [6.45, 7) is 0. The Bertz CT molecular complexity index is 2870. The van der Waals surface area contributed by atoms with Crippen molar-refractivity contribution in [3.05, 3.63) is 182 Å². The molecule has 0 atom stereocenters. The predicted octanol–water partition coefficient (Wildman–Crippen LogP) is 12.9. The number of nitrogens with zero attached hydrogens (tertiary/aromatic N) is 3. The van der Waals surface area contributed by atoms with Gasteiger partial charge in [-0.25, -0.2) is 4.98 Å². The molecule has 0 aliphatic heterocycles. The third-order valence-corrected chi connectivity index (χ3v) is 10.1. The van der Waals surface area contributed by atoms with Crippen LogP contribution < -0.4 is 9.64 Å². The van der Waals surface area contributed by atoms with Gasteiger partial charge in [0.1, 0.15) is 11.3 Å². The molecule has 10 rings (SSSR count). The van der Waals surface area contributed by atoms with Gasteiger partial charge in [0, 0.05) is 49.7 Å². The number of hydrogen-bond donors (Lipinski definition) is 0. The van der Waals surface area contributed by atoms with Gasteiger partial charge in [0.2, 0.25) is 5.89 Å². The van der Waals surface area contributed by atoms with Crippen molar-refractivity contribution in [1.82, 2.24) is 9.55 Å². The Morgan fingerprint density at radius 3 is 1.85 bits per heavy atom.